The summed E-state index contributed by atoms with van der Waals surface area (Å²) in [5.74, 6) is 0. The van der Waals surface area contributed by atoms with Gasteiger partial charge in [-0.15, -0.1) is 0 Å². The van der Waals surface area contributed by atoms with Crippen LogP contribution in [-0.2, 0) is 0 Å². The van der Waals surface area contributed by atoms with Gasteiger partial charge in [-0.3, -0.25) is 4.90 Å². The van der Waals surface area contributed by atoms with Gasteiger partial charge in [0.25, 0.3) is 0 Å². The fraction of sp³-hybridized carbons (Fsp3) is 0.571. The van der Waals surface area contributed by atoms with Crippen LogP contribution in [0.4, 0.5) is 5.69 Å². The molecule has 0 atom stereocenters. The number of nitrogens with zero attached hydrogens (tertiary/aromatic N) is 4. The van der Waals surface area contributed by atoms with Crippen LogP contribution in [0.2, 0.25) is 0 Å². The Hall–Kier alpha value is -1.64. The summed E-state index contributed by atoms with van der Waals surface area (Å²) in [5, 5.41) is 18.7. The quantitative estimate of drug-likeness (QED) is 0.872. The Kier molecular flexibility index (Phi) is 4.03. The number of aliphatic hydroxyl groups is 1. The minimum Gasteiger partial charge on any atom is -0.389 e. The van der Waals surface area contributed by atoms with Crippen LogP contribution >= 0.6 is 0 Å². The molecule has 102 valence electrons. The number of rotatable bonds is 3. The van der Waals surface area contributed by atoms with E-state index in [0.717, 1.165) is 31.9 Å². The highest BCUT2D eigenvalue weighted by Gasteiger charge is 2.22. The normalized spacial score (nSPS) is 17.3. The Labute approximate surface area is 114 Å². The maximum atomic E-state index is 9.82. The van der Waals surface area contributed by atoms with Crippen LogP contribution < -0.4 is 4.90 Å². The molecule has 0 saturated carbocycles. The van der Waals surface area contributed by atoms with E-state index in [1.807, 2.05) is 26.0 Å². The van der Waals surface area contributed by atoms with E-state index < -0.39 is 5.60 Å². The Morgan fingerprint density at radius 2 is 2.05 bits per heavy atom. The first-order chi connectivity index (χ1) is 8.98. The van der Waals surface area contributed by atoms with Crippen LogP contribution in [0, 0.1) is 11.3 Å². The maximum Gasteiger partial charge on any atom is 0.142 e. The lowest BCUT2D eigenvalue weighted by Crippen LogP contribution is -2.50. The van der Waals surface area contributed by atoms with E-state index in [2.05, 4.69) is 20.9 Å². The number of hydrogen-bond donors (Lipinski definition) is 1. The largest absolute Gasteiger partial charge is 0.389 e. The van der Waals surface area contributed by atoms with Crippen LogP contribution in [0.25, 0.3) is 0 Å². The first-order valence-corrected chi connectivity index (χ1v) is 6.54. The predicted octanol–water partition coefficient (Wildman–Crippen LogP) is 0.846. The van der Waals surface area contributed by atoms with Gasteiger partial charge in [-0.25, -0.2) is 4.98 Å². The first kappa shape index (κ1) is 13.8. The second kappa shape index (κ2) is 5.55. The molecule has 1 saturated heterocycles. The van der Waals surface area contributed by atoms with E-state index in [1.165, 1.54) is 0 Å². The van der Waals surface area contributed by atoms with E-state index in [1.54, 1.807) is 6.20 Å². The number of hydrogen-bond acceptors (Lipinski definition) is 5. The number of nitriles is 1. The van der Waals surface area contributed by atoms with Crippen molar-refractivity contribution >= 4 is 5.69 Å². The van der Waals surface area contributed by atoms with Gasteiger partial charge < -0.3 is 10.0 Å². The van der Waals surface area contributed by atoms with Gasteiger partial charge in [-0.2, -0.15) is 5.26 Å². The molecule has 0 bridgehead atoms. The molecule has 0 amide bonds. The number of piperazine rings is 1. The first-order valence-electron chi connectivity index (χ1n) is 6.54. The molecule has 19 heavy (non-hydrogen) atoms. The zero-order chi connectivity index (χ0) is 13.9. The second-order valence-corrected chi connectivity index (χ2v) is 5.59. The van der Waals surface area contributed by atoms with Crippen molar-refractivity contribution in [2.24, 2.45) is 0 Å². The molecule has 0 aliphatic carbocycles. The van der Waals surface area contributed by atoms with Crippen LogP contribution in [-0.4, -0.2) is 53.3 Å². The van der Waals surface area contributed by atoms with Gasteiger partial charge in [0.05, 0.1) is 5.60 Å². The average Bonchev–Trinajstić information content (AvgIpc) is 2.38. The molecule has 1 aliphatic heterocycles. The van der Waals surface area contributed by atoms with Crippen LogP contribution in [0.5, 0.6) is 0 Å². The topological polar surface area (TPSA) is 63.4 Å². The summed E-state index contributed by atoms with van der Waals surface area (Å²) in [6, 6.07) is 5.83. The highest BCUT2D eigenvalue weighted by Crippen LogP contribution is 2.17. The van der Waals surface area contributed by atoms with Crippen molar-refractivity contribution in [3.63, 3.8) is 0 Å². The Bertz CT molecular complexity index is 467. The molecule has 1 aromatic heterocycles. The lowest BCUT2D eigenvalue weighted by Gasteiger charge is -2.38. The molecule has 0 radical (unpaired) electrons. The molecule has 1 fully saturated rings. The smallest absolute Gasteiger partial charge is 0.142 e. The second-order valence-electron chi connectivity index (χ2n) is 5.59. The number of β-amino-alcohol motifs (C(OH)–C–C–N with tert-alkyl or cyclic N) is 1. The van der Waals surface area contributed by atoms with E-state index in [4.69, 9.17) is 5.26 Å². The number of aromatic nitrogens is 1. The molecule has 1 N–H and O–H groups in total. The van der Waals surface area contributed by atoms with E-state index in [-0.39, 0.29) is 0 Å². The maximum absolute atomic E-state index is 9.82. The molecular weight excluding hydrogens is 240 g/mol. The molecular formula is C14H20N4O. The van der Waals surface area contributed by atoms with Crippen molar-refractivity contribution in [3.05, 3.63) is 24.0 Å². The van der Waals surface area contributed by atoms with Crippen molar-refractivity contribution in [3.8, 4) is 6.07 Å². The minimum absolute atomic E-state index is 0.455. The summed E-state index contributed by atoms with van der Waals surface area (Å²) in [5.41, 5.74) is 0.859. The molecule has 2 heterocycles. The van der Waals surface area contributed by atoms with Gasteiger partial charge in [-0.1, -0.05) is 0 Å². The van der Waals surface area contributed by atoms with Gasteiger partial charge in [0.1, 0.15) is 11.8 Å². The van der Waals surface area contributed by atoms with E-state index in [9.17, 15) is 5.11 Å². The van der Waals surface area contributed by atoms with Gasteiger partial charge in [0.15, 0.2) is 0 Å². The Balaban J connectivity index is 1.94. The molecule has 1 aliphatic rings. The third-order valence-corrected chi connectivity index (χ3v) is 3.21. The summed E-state index contributed by atoms with van der Waals surface area (Å²) in [4.78, 5) is 8.51. The zero-order valence-corrected chi connectivity index (χ0v) is 11.5. The molecule has 1 aromatic rings. The van der Waals surface area contributed by atoms with Crippen LogP contribution in [0.3, 0.4) is 0 Å². The van der Waals surface area contributed by atoms with Gasteiger partial charge in [0.2, 0.25) is 0 Å². The summed E-state index contributed by atoms with van der Waals surface area (Å²) >= 11 is 0. The molecule has 0 aromatic carbocycles. The summed E-state index contributed by atoms with van der Waals surface area (Å²) in [6.45, 7) is 8.03. The van der Waals surface area contributed by atoms with Gasteiger partial charge in [0, 0.05) is 44.6 Å². The Morgan fingerprint density at radius 1 is 1.37 bits per heavy atom. The molecule has 0 unspecified atom stereocenters. The highest BCUT2D eigenvalue weighted by atomic mass is 16.3. The van der Waals surface area contributed by atoms with Crippen molar-refractivity contribution < 1.29 is 5.11 Å². The Morgan fingerprint density at radius 3 is 2.63 bits per heavy atom. The molecule has 0 spiro atoms. The van der Waals surface area contributed by atoms with Crippen LogP contribution in [0.1, 0.15) is 19.5 Å². The fourth-order valence-corrected chi connectivity index (χ4v) is 2.39. The average molecular weight is 260 g/mol. The van der Waals surface area contributed by atoms with Gasteiger partial charge >= 0.3 is 0 Å². The van der Waals surface area contributed by atoms with Crippen molar-refractivity contribution in [2.45, 2.75) is 19.4 Å². The minimum atomic E-state index is -0.646. The van der Waals surface area contributed by atoms with Gasteiger partial charge in [-0.05, 0) is 26.0 Å². The summed E-state index contributed by atoms with van der Waals surface area (Å²) < 4.78 is 0. The molecule has 5 nitrogen and oxygen atoms in total. The van der Waals surface area contributed by atoms with E-state index in [0.29, 0.717) is 12.2 Å². The summed E-state index contributed by atoms with van der Waals surface area (Å²) in [6.07, 6.45) is 1.68. The molecule has 5 heteroatoms. The molecule has 2 rings (SSSR count). The van der Waals surface area contributed by atoms with Crippen molar-refractivity contribution in [2.75, 3.05) is 37.6 Å². The number of pyridine rings is 1. The lowest BCUT2D eigenvalue weighted by molar-refractivity contribution is 0.0345. The predicted molar refractivity (Wildman–Crippen MR) is 73.9 cm³/mol. The monoisotopic (exact) mass is 260 g/mol. The zero-order valence-electron chi connectivity index (χ0n) is 11.5. The lowest BCUT2D eigenvalue weighted by atomic mass is 10.1. The van der Waals surface area contributed by atoms with E-state index >= 15 is 0 Å². The fourth-order valence-electron chi connectivity index (χ4n) is 2.39. The third kappa shape index (κ3) is 3.91. The standard InChI is InChI=1S/C14H20N4O/c1-14(2,19)11-17-5-7-18(8-6-17)13-3-4-16-12(9-13)10-15/h3-4,9,19H,5-8,11H2,1-2H3. The van der Waals surface area contributed by atoms with Crippen molar-refractivity contribution in [1.29, 1.82) is 5.26 Å². The number of anilines is 1. The third-order valence-electron chi connectivity index (χ3n) is 3.21. The van der Waals surface area contributed by atoms with Crippen LogP contribution in [0.15, 0.2) is 18.3 Å². The van der Waals surface area contributed by atoms with Crippen molar-refractivity contribution in [1.82, 2.24) is 9.88 Å². The summed E-state index contributed by atoms with van der Waals surface area (Å²) in [7, 11) is 0. The highest BCUT2D eigenvalue weighted by molar-refractivity contribution is 5.49. The SMILES string of the molecule is CC(C)(O)CN1CCN(c2ccnc(C#N)c2)CC1.